The SMILES string of the molecule is CC(C)CCC[C@@H](C)[C@H]1CC[C@H]2[C@H]3OC(=O)[C@H]4CC(=O)CC[C@]4(C)[C@H]3CC[C@]12C. The Balaban J connectivity index is 1.51. The van der Waals surface area contributed by atoms with Gasteiger partial charge in [-0.3, -0.25) is 9.59 Å². The van der Waals surface area contributed by atoms with Gasteiger partial charge in [0.05, 0.1) is 5.92 Å². The van der Waals surface area contributed by atoms with E-state index in [1.165, 1.54) is 44.9 Å². The normalized spacial score (nSPS) is 45.4. The predicted molar refractivity (Wildman–Crippen MR) is 115 cm³/mol. The van der Waals surface area contributed by atoms with Crippen LogP contribution in [0.15, 0.2) is 0 Å². The van der Waals surface area contributed by atoms with Crippen LogP contribution in [0.1, 0.15) is 98.8 Å². The number of carbonyl (C=O) groups excluding carboxylic acids is 2. The molecule has 29 heavy (non-hydrogen) atoms. The van der Waals surface area contributed by atoms with Crippen molar-refractivity contribution in [3.63, 3.8) is 0 Å². The molecule has 1 aliphatic heterocycles. The summed E-state index contributed by atoms with van der Waals surface area (Å²) in [5, 5.41) is 0. The number of esters is 1. The fraction of sp³-hybridized carbons (Fsp3) is 0.923. The van der Waals surface area contributed by atoms with Crippen molar-refractivity contribution >= 4 is 11.8 Å². The maximum atomic E-state index is 13.0. The Labute approximate surface area is 177 Å². The molecule has 4 fully saturated rings. The lowest BCUT2D eigenvalue weighted by Gasteiger charge is -2.58. The van der Waals surface area contributed by atoms with E-state index in [9.17, 15) is 9.59 Å². The largest absolute Gasteiger partial charge is 0.461 e. The summed E-state index contributed by atoms with van der Waals surface area (Å²) in [6.45, 7) is 11.9. The molecule has 164 valence electrons. The van der Waals surface area contributed by atoms with Crippen molar-refractivity contribution < 1.29 is 14.3 Å². The van der Waals surface area contributed by atoms with Crippen molar-refractivity contribution in [1.29, 1.82) is 0 Å². The molecule has 0 aromatic carbocycles. The molecule has 4 aliphatic rings. The number of ether oxygens (including phenoxy) is 1. The lowest BCUT2D eigenvalue weighted by molar-refractivity contribution is -0.212. The van der Waals surface area contributed by atoms with E-state index in [1.54, 1.807) is 0 Å². The first-order chi connectivity index (χ1) is 13.7. The Hall–Kier alpha value is -0.860. The second-order valence-corrected chi connectivity index (χ2v) is 11.9. The highest BCUT2D eigenvalue weighted by Gasteiger charge is 2.64. The van der Waals surface area contributed by atoms with E-state index in [-0.39, 0.29) is 29.2 Å². The highest BCUT2D eigenvalue weighted by atomic mass is 16.5. The summed E-state index contributed by atoms with van der Waals surface area (Å²) < 4.78 is 6.20. The zero-order chi connectivity index (χ0) is 21.0. The molecule has 3 heteroatoms. The predicted octanol–water partition coefficient (Wildman–Crippen LogP) is 6.19. The zero-order valence-corrected chi connectivity index (χ0v) is 19.3. The van der Waals surface area contributed by atoms with E-state index >= 15 is 0 Å². The van der Waals surface area contributed by atoms with Crippen molar-refractivity contribution in [2.75, 3.05) is 0 Å². The lowest BCUT2D eigenvalue weighted by Crippen LogP contribution is -2.60. The van der Waals surface area contributed by atoms with Gasteiger partial charge in [-0.05, 0) is 60.7 Å². The van der Waals surface area contributed by atoms with Gasteiger partial charge in [0.2, 0.25) is 0 Å². The first kappa shape index (κ1) is 21.4. The molecule has 0 bridgehead atoms. The van der Waals surface area contributed by atoms with Gasteiger partial charge in [-0.25, -0.2) is 0 Å². The molecule has 0 amide bonds. The Morgan fingerprint density at radius 2 is 1.69 bits per heavy atom. The summed E-state index contributed by atoms with van der Waals surface area (Å²) in [5.74, 6) is 3.26. The van der Waals surface area contributed by atoms with Gasteiger partial charge >= 0.3 is 5.97 Å². The second kappa shape index (κ2) is 7.68. The molecule has 0 unspecified atom stereocenters. The van der Waals surface area contributed by atoms with Crippen LogP contribution in [0.2, 0.25) is 0 Å². The standard InChI is InChI=1S/C26H42O3/c1-16(2)7-6-8-17(3)19-9-10-20-23-21(12-14-25(19,20)4)26(5)13-11-18(27)15-22(26)24(28)29-23/h16-17,19-23H,6-15H2,1-5H3/t17-,19-,20+,21+,22-,23-,25-,26-/m1/s1. The third-order valence-electron chi connectivity index (χ3n) is 9.95. The van der Waals surface area contributed by atoms with E-state index in [0.29, 0.717) is 30.1 Å². The zero-order valence-electron chi connectivity index (χ0n) is 19.3. The molecule has 0 radical (unpaired) electrons. The summed E-state index contributed by atoms with van der Waals surface area (Å²) in [7, 11) is 0. The van der Waals surface area contributed by atoms with Crippen LogP contribution in [0.25, 0.3) is 0 Å². The van der Waals surface area contributed by atoms with E-state index < -0.39 is 0 Å². The van der Waals surface area contributed by atoms with Crippen LogP contribution in [-0.2, 0) is 14.3 Å². The number of hydrogen-bond donors (Lipinski definition) is 0. The molecule has 4 rings (SSSR count). The molecule has 1 heterocycles. The van der Waals surface area contributed by atoms with Crippen LogP contribution < -0.4 is 0 Å². The van der Waals surface area contributed by atoms with Crippen LogP contribution in [0.4, 0.5) is 0 Å². The number of rotatable bonds is 5. The smallest absolute Gasteiger partial charge is 0.310 e. The maximum absolute atomic E-state index is 13.0. The van der Waals surface area contributed by atoms with Gasteiger partial charge in [0.1, 0.15) is 11.9 Å². The molecule has 0 aromatic rings. The monoisotopic (exact) mass is 402 g/mol. The molecular weight excluding hydrogens is 360 g/mol. The average molecular weight is 403 g/mol. The van der Waals surface area contributed by atoms with E-state index in [0.717, 1.165) is 24.2 Å². The van der Waals surface area contributed by atoms with Crippen molar-refractivity contribution in [1.82, 2.24) is 0 Å². The molecular formula is C26H42O3. The molecule has 8 atom stereocenters. The molecule has 1 saturated heterocycles. The topological polar surface area (TPSA) is 43.4 Å². The van der Waals surface area contributed by atoms with Gasteiger partial charge in [-0.1, -0.05) is 53.9 Å². The molecule has 0 spiro atoms. The third kappa shape index (κ3) is 3.49. The van der Waals surface area contributed by atoms with E-state index in [1.807, 2.05) is 0 Å². The van der Waals surface area contributed by atoms with Gasteiger partial charge in [0.15, 0.2) is 0 Å². The summed E-state index contributed by atoms with van der Waals surface area (Å²) in [6, 6.07) is 0. The summed E-state index contributed by atoms with van der Waals surface area (Å²) in [6.07, 6.45) is 11.0. The first-order valence-corrected chi connectivity index (χ1v) is 12.4. The molecule has 3 saturated carbocycles. The third-order valence-corrected chi connectivity index (χ3v) is 9.95. The Bertz CT molecular complexity index is 654. The lowest BCUT2D eigenvalue weighted by atomic mass is 9.49. The second-order valence-electron chi connectivity index (χ2n) is 11.9. The Kier molecular flexibility index (Phi) is 5.66. The number of Topliss-reactive ketones (excluding diaryl/α,β-unsaturated/α-hetero) is 1. The summed E-state index contributed by atoms with van der Waals surface area (Å²) in [5.41, 5.74) is 0.280. The van der Waals surface area contributed by atoms with Gasteiger partial charge < -0.3 is 4.74 Å². The number of hydrogen-bond acceptors (Lipinski definition) is 3. The van der Waals surface area contributed by atoms with Crippen LogP contribution in [0, 0.1) is 46.3 Å². The van der Waals surface area contributed by atoms with Crippen LogP contribution in [-0.4, -0.2) is 17.9 Å². The highest BCUT2D eigenvalue weighted by molar-refractivity contribution is 5.87. The van der Waals surface area contributed by atoms with Crippen molar-refractivity contribution in [2.24, 2.45) is 46.3 Å². The van der Waals surface area contributed by atoms with Crippen molar-refractivity contribution in [3.8, 4) is 0 Å². The molecule has 3 nitrogen and oxygen atoms in total. The fourth-order valence-corrected chi connectivity index (χ4v) is 8.13. The molecule has 0 aromatic heterocycles. The molecule has 3 aliphatic carbocycles. The maximum Gasteiger partial charge on any atom is 0.310 e. The molecule has 0 N–H and O–H groups in total. The minimum Gasteiger partial charge on any atom is -0.461 e. The van der Waals surface area contributed by atoms with Gasteiger partial charge in [-0.2, -0.15) is 0 Å². The van der Waals surface area contributed by atoms with Gasteiger partial charge in [0.25, 0.3) is 0 Å². The summed E-state index contributed by atoms with van der Waals surface area (Å²) >= 11 is 0. The quantitative estimate of drug-likeness (QED) is 0.515. The van der Waals surface area contributed by atoms with Crippen LogP contribution in [0.5, 0.6) is 0 Å². The fourth-order valence-electron chi connectivity index (χ4n) is 8.13. The van der Waals surface area contributed by atoms with E-state index in [2.05, 4.69) is 34.6 Å². The summed E-state index contributed by atoms with van der Waals surface area (Å²) in [4.78, 5) is 25.0. The Morgan fingerprint density at radius 3 is 2.41 bits per heavy atom. The van der Waals surface area contributed by atoms with Crippen molar-refractivity contribution in [3.05, 3.63) is 0 Å². The van der Waals surface area contributed by atoms with Crippen LogP contribution >= 0.6 is 0 Å². The van der Waals surface area contributed by atoms with Crippen LogP contribution in [0.3, 0.4) is 0 Å². The van der Waals surface area contributed by atoms with Gasteiger partial charge in [-0.15, -0.1) is 0 Å². The van der Waals surface area contributed by atoms with E-state index in [4.69, 9.17) is 4.74 Å². The minimum absolute atomic E-state index is 0.0315. The number of carbonyl (C=O) groups is 2. The van der Waals surface area contributed by atoms with Crippen molar-refractivity contribution in [2.45, 2.75) is 105 Å². The Morgan fingerprint density at radius 1 is 0.966 bits per heavy atom. The average Bonchev–Trinajstić information content (AvgIpc) is 3.00. The highest BCUT2D eigenvalue weighted by Crippen LogP contribution is 2.65. The first-order valence-electron chi connectivity index (χ1n) is 12.4. The minimum atomic E-state index is -0.193. The number of ketones is 1. The number of fused-ring (bicyclic) bond motifs is 5. The van der Waals surface area contributed by atoms with Gasteiger partial charge in [0, 0.05) is 24.7 Å².